The molecule has 0 spiro atoms. The molecule has 1 aromatic heterocycles. The van der Waals surface area contributed by atoms with Gasteiger partial charge in [0, 0.05) is 18.5 Å². The summed E-state index contributed by atoms with van der Waals surface area (Å²) in [5.74, 6) is 1.78. The number of nitrogens with one attached hydrogen (secondary N) is 1. The van der Waals surface area contributed by atoms with Crippen LogP contribution in [-0.2, 0) is 4.74 Å². The fraction of sp³-hybridized carbons (Fsp3) is 0.750. The molecule has 2 saturated carbocycles. The third-order valence-corrected chi connectivity index (χ3v) is 4.49. The minimum absolute atomic E-state index is 0.175. The predicted molar refractivity (Wildman–Crippen MR) is 78.2 cm³/mol. The molecule has 5 nitrogen and oxygen atoms in total. The number of amides is 1. The first-order valence-electron chi connectivity index (χ1n) is 8.10. The molecule has 2 atom stereocenters. The van der Waals surface area contributed by atoms with Crippen LogP contribution in [0.5, 0.6) is 0 Å². The Morgan fingerprint density at radius 1 is 1.38 bits per heavy atom. The predicted octanol–water partition coefficient (Wildman–Crippen LogP) is 2.88. The molecule has 1 amide bonds. The molecular formula is C16H24N2O3. The first-order chi connectivity index (χ1) is 10.2. The van der Waals surface area contributed by atoms with E-state index in [1.54, 1.807) is 6.07 Å². The summed E-state index contributed by atoms with van der Waals surface area (Å²) < 4.78 is 11.1. The summed E-state index contributed by atoms with van der Waals surface area (Å²) >= 11 is 0. The topological polar surface area (TPSA) is 64.4 Å². The summed E-state index contributed by atoms with van der Waals surface area (Å²) in [7, 11) is 0. The average Bonchev–Trinajstić information content (AvgIpc) is 3.22. The lowest BCUT2D eigenvalue weighted by atomic mass is 9.88. The number of carbonyl (C=O) groups is 1. The second kappa shape index (κ2) is 6.60. The van der Waals surface area contributed by atoms with Crippen molar-refractivity contribution < 1.29 is 14.1 Å². The molecule has 2 aliphatic carbocycles. The van der Waals surface area contributed by atoms with E-state index in [-0.39, 0.29) is 5.91 Å². The minimum Gasteiger partial charge on any atom is -0.376 e. The van der Waals surface area contributed by atoms with Gasteiger partial charge in [-0.05, 0) is 31.6 Å². The van der Waals surface area contributed by atoms with Crippen molar-refractivity contribution in [3.05, 3.63) is 17.5 Å². The lowest BCUT2D eigenvalue weighted by molar-refractivity contribution is -0.00296. The molecule has 2 fully saturated rings. The Morgan fingerprint density at radius 3 is 2.95 bits per heavy atom. The molecular weight excluding hydrogens is 268 g/mol. The van der Waals surface area contributed by atoms with Crippen molar-refractivity contribution in [1.29, 1.82) is 0 Å². The number of hydrogen-bond acceptors (Lipinski definition) is 4. The molecule has 0 aliphatic heterocycles. The quantitative estimate of drug-likeness (QED) is 0.819. The first-order valence-corrected chi connectivity index (χ1v) is 8.10. The van der Waals surface area contributed by atoms with Crippen molar-refractivity contribution in [2.24, 2.45) is 5.92 Å². The van der Waals surface area contributed by atoms with Crippen LogP contribution in [-0.4, -0.2) is 30.3 Å². The van der Waals surface area contributed by atoms with E-state index in [0.717, 1.165) is 25.0 Å². The second-order valence-electron chi connectivity index (χ2n) is 6.32. The van der Waals surface area contributed by atoms with Crippen LogP contribution in [0.15, 0.2) is 10.6 Å². The molecule has 0 radical (unpaired) electrons. The maximum Gasteiger partial charge on any atom is 0.273 e. The second-order valence-corrected chi connectivity index (χ2v) is 6.32. The summed E-state index contributed by atoms with van der Waals surface area (Å²) in [6, 6.07) is 1.76. The van der Waals surface area contributed by atoms with Crippen molar-refractivity contribution in [3.8, 4) is 0 Å². The van der Waals surface area contributed by atoms with Crippen molar-refractivity contribution in [2.45, 2.75) is 57.5 Å². The van der Waals surface area contributed by atoms with Crippen LogP contribution < -0.4 is 5.32 Å². The standard InChI is InChI=1S/C16H24N2O3/c1-11-4-2-3-5-14(11)20-9-8-17-16(19)13-10-15(21-18-13)12-6-7-12/h10-12,14H,2-9H2,1H3,(H,17,19)/t11-,14+/m0/s1. The highest BCUT2D eigenvalue weighted by atomic mass is 16.5. The smallest absolute Gasteiger partial charge is 0.273 e. The van der Waals surface area contributed by atoms with Gasteiger partial charge in [-0.1, -0.05) is 24.9 Å². The van der Waals surface area contributed by atoms with Crippen LogP contribution in [0.2, 0.25) is 0 Å². The Bertz CT molecular complexity index is 482. The number of rotatable bonds is 6. The van der Waals surface area contributed by atoms with Crippen molar-refractivity contribution >= 4 is 5.91 Å². The zero-order valence-electron chi connectivity index (χ0n) is 12.6. The van der Waals surface area contributed by atoms with E-state index in [1.165, 1.54) is 19.3 Å². The van der Waals surface area contributed by atoms with Crippen LogP contribution >= 0.6 is 0 Å². The summed E-state index contributed by atoms with van der Waals surface area (Å²) in [4.78, 5) is 11.9. The van der Waals surface area contributed by atoms with Crippen molar-refractivity contribution in [2.75, 3.05) is 13.2 Å². The van der Waals surface area contributed by atoms with Gasteiger partial charge in [0.05, 0.1) is 12.7 Å². The van der Waals surface area contributed by atoms with E-state index in [0.29, 0.717) is 36.8 Å². The van der Waals surface area contributed by atoms with Gasteiger partial charge < -0.3 is 14.6 Å². The van der Waals surface area contributed by atoms with Gasteiger partial charge in [-0.25, -0.2) is 0 Å². The zero-order valence-corrected chi connectivity index (χ0v) is 12.6. The van der Waals surface area contributed by atoms with Gasteiger partial charge in [-0.15, -0.1) is 0 Å². The number of carbonyl (C=O) groups excluding carboxylic acids is 1. The van der Waals surface area contributed by atoms with Gasteiger partial charge in [-0.2, -0.15) is 0 Å². The number of nitrogens with zero attached hydrogens (tertiary/aromatic N) is 1. The molecule has 0 unspecified atom stereocenters. The normalized spacial score (nSPS) is 25.8. The summed E-state index contributed by atoms with van der Waals surface area (Å²) in [6.45, 7) is 3.33. The zero-order chi connectivity index (χ0) is 14.7. The maximum atomic E-state index is 11.9. The fourth-order valence-corrected chi connectivity index (χ4v) is 2.95. The Hall–Kier alpha value is -1.36. The molecule has 116 valence electrons. The lowest BCUT2D eigenvalue weighted by Crippen LogP contribution is -2.31. The highest BCUT2D eigenvalue weighted by molar-refractivity contribution is 5.92. The Balaban J connectivity index is 1.37. The molecule has 0 saturated heterocycles. The van der Waals surface area contributed by atoms with Gasteiger partial charge in [0.1, 0.15) is 5.76 Å². The van der Waals surface area contributed by atoms with Gasteiger partial charge in [-0.3, -0.25) is 4.79 Å². The lowest BCUT2D eigenvalue weighted by Gasteiger charge is -2.28. The Kier molecular flexibility index (Phi) is 4.58. The molecule has 3 rings (SSSR count). The van der Waals surface area contributed by atoms with Crippen LogP contribution in [0.25, 0.3) is 0 Å². The maximum absolute atomic E-state index is 11.9. The fourth-order valence-electron chi connectivity index (χ4n) is 2.95. The van der Waals surface area contributed by atoms with Gasteiger partial charge in [0.2, 0.25) is 0 Å². The highest BCUT2D eigenvalue weighted by Crippen LogP contribution is 2.40. The molecule has 0 bridgehead atoms. The van der Waals surface area contributed by atoms with E-state index in [4.69, 9.17) is 9.26 Å². The van der Waals surface area contributed by atoms with E-state index in [2.05, 4.69) is 17.4 Å². The van der Waals surface area contributed by atoms with Crippen molar-refractivity contribution in [3.63, 3.8) is 0 Å². The third kappa shape index (κ3) is 3.84. The largest absolute Gasteiger partial charge is 0.376 e. The molecule has 0 aromatic carbocycles. The first kappa shape index (κ1) is 14.6. The summed E-state index contributed by atoms with van der Waals surface area (Å²) in [5.41, 5.74) is 0.378. The van der Waals surface area contributed by atoms with Crippen LogP contribution in [0.4, 0.5) is 0 Å². The van der Waals surface area contributed by atoms with Gasteiger partial charge in [0.25, 0.3) is 5.91 Å². The molecule has 1 N–H and O–H groups in total. The van der Waals surface area contributed by atoms with E-state index in [1.807, 2.05) is 0 Å². The SMILES string of the molecule is C[C@H]1CCCC[C@H]1OCCNC(=O)c1cc(C2CC2)on1. The number of ether oxygens (including phenoxy) is 1. The Morgan fingerprint density at radius 2 is 2.19 bits per heavy atom. The number of hydrogen-bond donors (Lipinski definition) is 1. The molecule has 1 aromatic rings. The molecule has 2 aliphatic rings. The molecule has 1 heterocycles. The van der Waals surface area contributed by atoms with Crippen molar-refractivity contribution in [1.82, 2.24) is 10.5 Å². The van der Waals surface area contributed by atoms with Crippen LogP contribution in [0, 0.1) is 5.92 Å². The van der Waals surface area contributed by atoms with E-state index in [9.17, 15) is 4.79 Å². The average molecular weight is 292 g/mol. The van der Waals surface area contributed by atoms with E-state index < -0.39 is 0 Å². The summed E-state index contributed by atoms with van der Waals surface area (Å²) in [5, 5.41) is 6.67. The Labute approximate surface area is 125 Å². The third-order valence-electron chi connectivity index (χ3n) is 4.49. The van der Waals surface area contributed by atoms with Crippen LogP contribution in [0.1, 0.15) is 67.6 Å². The monoisotopic (exact) mass is 292 g/mol. The van der Waals surface area contributed by atoms with Gasteiger partial charge >= 0.3 is 0 Å². The number of aromatic nitrogens is 1. The van der Waals surface area contributed by atoms with Crippen LogP contribution in [0.3, 0.4) is 0 Å². The molecule has 5 heteroatoms. The van der Waals surface area contributed by atoms with E-state index >= 15 is 0 Å². The minimum atomic E-state index is -0.175. The molecule has 21 heavy (non-hydrogen) atoms. The highest BCUT2D eigenvalue weighted by Gasteiger charge is 2.28. The van der Waals surface area contributed by atoms with Gasteiger partial charge in [0.15, 0.2) is 5.69 Å². The summed E-state index contributed by atoms with van der Waals surface area (Å²) in [6.07, 6.45) is 7.60.